The minimum atomic E-state index is -0.0723. The number of ether oxygens (including phenoxy) is 1. The molecule has 1 aliphatic heterocycles. The Morgan fingerprint density at radius 3 is 3.00 bits per heavy atom. The number of hydrogen-bond acceptors (Lipinski definition) is 5. The van der Waals surface area contributed by atoms with Crippen LogP contribution in [0, 0.1) is 16.7 Å². The Kier molecular flexibility index (Phi) is 3.88. The van der Waals surface area contributed by atoms with E-state index < -0.39 is 0 Å². The molecule has 0 radical (unpaired) electrons. The molecule has 2 heterocycles. The van der Waals surface area contributed by atoms with Gasteiger partial charge in [0, 0.05) is 25.1 Å². The molecule has 0 saturated carbocycles. The largest absolute Gasteiger partial charge is 0.376 e. The Morgan fingerprint density at radius 1 is 1.50 bits per heavy atom. The van der Waals surface area contributed by atoms with Gasteiger partial charge in [0.25, 0.3) is 0 Å². The number of fused-ring (bicyclic) bond motifs is 1. The van der Waals surface area contributed by atoms with Gasteiger partial charge in [-0.25, -0.2) is 4.98 Å². The zero-order chi connectivity index (χ0) is 15.7. The third-order valence-corrected chi connectivity index (χ3v) is 4.33. The molecule has 1 aliphatic carbocycles. The molecule has 22 heavy (non-hydrogen) atoms. The van der Waals surface area contributed by atoms with Gasteiger partial charge in [0.05, 0.1) is 17.4 Å². The average molecular weight is 299 g/mol. The fraction of sp³-hybridized carbons (Fsp3) is 0.588. The Hall–Kier alpha value is -1.93. The molecule has 3 rings (SSSR count). The highest BCUT2D eigenvalue weighted by molar-refractivity contribution is 5.99. The molecule has 0 spiro atoms. The summed E-state index contributed by atoms with van der Waals surface area (Å²) in [5.41, 5.74) is 1.77. The van der Waals surface area contributed by atoms with Crippen LogP contribution in [0.4, 0.5) is 5.82 Å². The van der Waals surface area contributed by atoms with Crippen molar-refractivity contribution in [2.45, 2.75) is 45.6 Å². The predicted octanol–water partition coefficient (Wildman–Crippen LogP) is 2.70. The molecular weight excluding hydrogens is 278 g/mol. The van der Waals surface area contributed by atoms with Gasteiger partial charge in [0.1, 0.15) is 11.9 Å². The van der Waals surface area contributed by atoms with Gasteiger partial charge < -0.3 is 10.1 Å². The summed E-state index contributed by atoms with van der Waals surface area (Å²) in [4.78, 5) is 16.8. The van der Waals surface area contributed by atoms with Crippen LogP contribution in [0.3, 0.4) is 0 Å². The second-order valence-corrected chi connectivity index (χ2v) is 6.95. The van der Waals surface area contributed by atoms with Gasteiger partial charge in [-0.05, 0) is 30.7 Å². The van der Waals surface area contributed by atoms with Crippen LogP contribution in [0.25, 0.3) is 0 Å². The predicted molar refractivity (Wildman–Crippen MR) is 82.8 cm³/mol. The number of Topliss-reactive ketones (excluding diaryl/α,β-unsaturated/α-hetero) is 1. The number of carbonyl (C=O) groups excluding carboxylic acids is 1. The number of rotatable bonds is 3. The third-order valence-electron chi connectivity index (χ3n) is 4.33. The van der Waals surface area contributed by atoms with Crippen molar-refractivity contribution >= 4 is 11.6 Å². The van der Waals surface area contributed by atoms with Crippen molar-refractivity contribution in [3.63, 3.8) is 0 Å². The number of nitrogens with zero attached hydrogens (tertiary/aromatic N) is 2. The zero-order valence-electron chi connectivity index (χ0n) is 13.1. The van der Waals surface area contributed by atoms with Crippen molar-refractivity contribution in [2.24, 2.45) is 5.41 Å². The van der Waals surface area contributed by atoms with Crippen molar-refractivity contribution in [2.75, 3.05) is 18.5 Å². The van der Waals surface area contributed by atoms with Crippen LogP contribution in [-0.4, -0.2) is 30.0 Å². The second-order valence-electron chi connectivity index (χ2n) is 6.95. The topological polar surface area (TPSA) is 75.0 Å². The van der Waals surface area contributed by atoms with Gasteiger partial charge in [-0.1, -0.05) is 13.8 Å². The number of aromatic nitrogens is 1. The van der Waals surface area contributed by atoms with Crippen LogP contribution in [0.5, 0.6) is 0 Å². The number of nitriles is 1. The standard InChI is InChI=1S/C17H21N3O2/c1-17(2)7-14-13(15(21)8-17)6-11(9-18)16(20-14)19-10-12-4-3-5-22-12/h6,12H,3-5,7-8,10H2,1-2H3,(H,19,20). The van der Waals surface area contributed by atoms with E-state index in [1.165, 1.54) is 0 Å². The molecular formula is C17H21N3O2. The molecule has 1 N–H and O–H groups in total. The molecule has 1 aromatic rings. The molecule has 1 fully saturated rings. The first kappa shape index (κ1) is 15.0. The molecule has 2 aliphatic rings. The third kappa shape index (κ3) is 2.97. The minimum Gasteiger partial charge on any atom is -0.376 e. The number of anilines is 1. The fourth-order valence-electron chi connectivity index (χ4n) is 3.21. The van der Waals surface area contributed by atoms with E-state index in [-0.39, 0.29) is 17.3 Å². The van der Waals surface area contributed by atoms with Crippen molar-refractivity contribution in [3.8, 4) is 6.07 Å². The van der Waals surface area contributed by atoms with Gasteiger partial charge in [0.2, 0.25) is 0 Å². The number of nitrogens with one attached hydrogen (secondary N) is 1. The lowest BCUT2D eigenvalue weighted by molar-refractivity contribution is 0.0910. The summed E-state index contributed by atoms with van der Waals surface area (Å²) in [6.45, 7) is 5.61. The number of carbonyl (C=O) groups is 1. The lowest BCUT2D eigenvalue weighted by Gasteiger charge is -2.29. The molecule has 1 atom stereocenters. The summed E-state index contributed by atoms with van der Waals surface area (Å²) >= 11 is 0. The van der Waals surface area contributed by atoms with Crippen LogP contribution >= 0.6 is 0 Å². The maximum atomic E-state index is 12.3. The van der Waals surface area contributed by atoms with E-state index in [0.717, 1.165) is 31.6 Å². The van der Waals surface area contributed by atoms with E-state index in [4.69, 9.17) is 4.74 Å². The molecule has 1 saturated heterocycles. The Balaban J connectivity index is 1.87. The Morgan fingerprint density at radius 2 is 2.32 bits per heavy atom. The van der Waals surface area contributed by atoms with Gasteiger partial charge in [-0.3, -0.25) is 4.79 Å². The van der Waals surface area contributed by atoms with Crippen molar-refractivity contribution in [1.82, 2.24) is 4.98 Å². The first-order valence-electron chi connectivity index (χ1n) is 7.81. The molecule has 5 heteroatoms. The van der Waals surface area contributed by atoms with Gasteiger partial charge in [0.15, 0.2) is 5.78 Å². The summed E-state index contributed by atoms with van der Waals surface area (Å²) < 4.78 is 5.58. The number of hydrogen-bond donors (Lipinski definition) is 1. The summed E-state index contributed by atoms with van der Waals surface area (Å²) in [5, 5.41) is 12.6. The van der Waals surface area contributed by atoms with Crippen molar-refractivity contribution < 1.29 is 9.53 Å². The summed E-state index contributed by atoms with van der Waals surface area (Å²) in [6, 6.07) is 3.84. The maximum Gasteiger partial charge on any atom is 0.165 e. The zero-order valence-corrected chi connectivity index (χ0v) is 13.1. The average Bonchev–Trinajstić information content (AvgIpc) is 2.96. The number of pyridine rings is 1. The van der Waals surface area contributed by atoms with Crippen LogP contribution in [0.2, 0.25) is 0 Å². The SMILES string of the molecule is CC1(C)CC(=O)c2cc(C#N)c(NCC3CCCO3)nc2C1. The van der Waals surface area contributed by atoms with E-state index >= 15 is 0 Å². The van der Waals surface area contributed by atoms with E-state index in [2.05, 4.69) is 30.2 Å². The van der Waals surface area contributed by atoms with Crippen LogP contribution in [0.1, 0.15) is 54.7 Å². The molecule has 5 nitrogen and oxygen atoms in total. The first-order chi connectivity index (χ1) is 10.5. The smallest absolute Gasteiger partial charge is 0.165 e. The highest BCUT2D eigenvalue weighted by atomic mass is 16.5. The second kappa shape index (κ2) is 5.69. The van der Waals surface area contributed by atoms with Gasteiger partial charge in [-0.2, -0.15) is 5.26 Å². The van der Waals surface area contributed by atoms with E-state index in [0.29, 0.717) is 29.9 Å². The van der Waals surface area contributed by atoms with Crippen LogP contribution in [0.15, 0.2) is 6.07 Å². The van der Waals surface area contributed by atoms with Crippen molar-refractivity contribution in [1.29, 1.82) is 5.26 Å². The first-order valence-corrected chi connectivity index (χ1v) is 7.81. The molecule has 0 amide bonds. The minimum absolute atomic E-state index is 0.0723. The molecule has 0 aromatic carbocycles. The van der Waals surface area contributed by atoms with Crippen LogP contribution in [-0.2, 0) is 11.2 Å². The lowest BCUT2D eigenvalue weighted by Crippen LogP contribution is -2.29. The molecule has 1 unspecified atom stereocenters. The van der Waals surface area contributed by atoms with E-state index in [1.54, 1.807) is 6.07 Å². The molecule has 116 valence electrons. The molecule has 0 bridgehead atoms. The van der Waals surface area contributed by atoms with E-state index in [9.17, 15) is 10.1 Å². The summed E-state index contributed by atoms with van der Waals surface area (Å²) in [7, 11) is 0. The highest BCUT2D eigenvalue weighted by Crippen LogP contribution is 2.35. The van der Waals surface area contributed by atoms with Gasteiger partial charge >= 0.3 is 0 Å². The van der Waals surface area contributed by atoms with Crippen molar-refractivity contribution in [3.05, 3.63) is 22.9 Å². The fourth-order valence-corrected chi connectivity index (χ4v) is 3.21. The monoisotopic (exact) mass is 299 g/mol. The summed E-state index contributed by atoms with van der Waals surface area (Å²) in [5.74, 6) is 0.656. The van der Waals surface area contributed by atoms with Gasteiger partial charge in [-0.15, -0.1) is 0 Å². The summed E-state index contributed by atoms with van der Waals surface area (Å²) in [6.07, 6.45) is 3.56. The quantitative estimate of drug-likeness (QED) is 0.928. The Labute approximate surface area is 130 Å². The van der Waals surface area contributed by atoms with E-state index in [1.807, 2.05) is 0 Å². The number of ketones is 1. The Bertz CT molecular complexity index is 640. The van der Waals surface area contributed by atoms with Crippen LogP contribution < -0.4 is 5.32 Å². The highest BCUT2D eigenvalue weighted by Gasteiger charge is 2.32. The lowest BCUT2D eigenvalue weighted by atomic mass is 9.75. The maximum absolute atomic E-state index is 12.3. The normalized spacial score (nSPS) is 23.0. The molecule has 1 aromatic heterocycles.